The van der Waals surface area contributed by atoms with Gasteiger partial charge in [-0.1, -0.05) is 72.2 Å². The van der Waals surface area contributed by atoms with E-state index >= 15 is 0 Å². The van der Waals surface area contributed by atoms with Crippen LogP contribution in [-0.2, 0) is 0 Å². The van der Waals surface area contributed by atoms with E-state index in [-0.39, 0.29) is 7.48 Å². The number of nitrogens with zero attached hydrogens (tertiary/aromatic N) is 1. The van der Waals surface area contributed by atoms with Crippen LogP contribution in [0, 0.1) is 0 Å². The van der Waals surface area contributed by atoms with Gasteiger partial charge in [0.25, 0.3) is 0 Å². The van der Waals surface area contributed by atoms with Crippen LogP contribution in [0.15, 0.2) is 97.1 Å². The lowest BCUT2D eigenvalue weighted by atomic mass is 9.88. The zero-order chi connectivity index (χ0) is 18.2. The van der Waals surface area contributed by atoms with Gasteiger partial charge in [0.05, 0.1) is 11.0 Å². The van der Waals surface area contributed by atoms with E-state index in [1.54, 1.807) is 0 Å². The molecule has 0 bridgehead atoms. The molecule has 0 atom stereocenters. The Hall–Kier alpha value is -3.30. The molecule has 0 spiro atoms. The standard InChI is InChI=1S/C24H18BNO/c27-25-19-9-6-10-20(16-19)26-23-12-5-4-11-21(23)22-15-18(13-14-24(22)26)17-7-2-1-3-8-17/h1-16,25,27H. The summed E-state index contributed by atoms with van der Waals surface area (Å²) in [6.45, 7) is 0. The molecule has 0 aliphatic heterocycles. The highest BCUT2D eigenvalue weighted by Gasteiger charge is 2.13. The number of benzene rings is 4. The second-order valence-electron chi connectivity index (χ2n) is 6.78. The molecule has 0 amide bonds. The van der Waals surface area contributed by atoms with Gasteiger partial charge in [-0.3, -0.25) is 0 Å². The van der Waals surface area contributed by atoms with Crippen LogP contribution in [0.25, 0.3) is 38.6 Å². The van der Waals surface area contributed by atoms with E-state index in [9.17, 15) is 5.02 Å². The van der Waals surface area contributed by atoms with Crippen molar-refractivity contribution in [2.24, 2.45) is 0 Å². The minimum Gasteiger partial charge on any atom is -0.449 e. The summed E-state index contributed by atoms with van der Waals surface area (Å²) in [5.74, 6) is 0. The Bertz CT molecular complexity index is 1260. The lowest BCUT2D eigenvalue weighted by Crippen LogP contribution is -2.13. The van der Waals surface area contributed by atoms with E-state index in [2.05, 4.69) is 83.4 Å². The fraction of sp³-hybridized carbons (Fsp3) is 0. The number of para-hydroxylation sites is 1. The van der Waals surface area contributed by atoms with Gasteiger partial charge >= 0.3 is 7.48 Å². The quantitative estimate of drug-likeness (QED) is 0.480. The van der Waals surface area contributed by atoms with Gasteiger partial charge in [-0.15, -0.1) is 0 Å². The summed E-state index contributed by atoms with van der Waals surface area (Å²) in [7, 11) is 0.0448. The third-order valence-electron chi connectivity index (χ3n) is 5.13. The second-order valence-corrected chi connectivity index (χ2v) is 6.78. The SMILES string of the molecule is OBc1cccc(-n2c3ccccc3c3cc(-c4ccccc4)ccc32)c1. The monoisotopic (exact) mass is 347 g/mol. The largest absolute Gasteiger partial charge is 0.449 e. The molecule has 27 heavy (non-hydrogen) atoms. The average molecular weight is 347 g/mol. The molecule has 0 saturated heterocycles. The maximum atomic E-state index is 9.54. The Kier molecular flexibility index (Phi) is 3.81. The van der Waals surface area contributed by atoms with Gasteiger partial charge in [0.1, 0.15) is 0 Å². The zero-order valence-corrected chi connectivity index (χ0v) is 14.8. The highest BCUT2D eigenvalue weighted by Crippen LogP contribution is 2.34. The molecule has 4 aromatic carbocycles. The van der Waals surface area contributed by atoms with Crippen LogP contribution >= 0.6 is 0 Å². The average Bonchev–Trinajstić information content (AvgIpc) is 3.08. The Morgan fingerprint density at radius 3 is 2.22 bits per heavy atom. The van der Waals surface area contributed by atoms with E-state index in [1.165, 1.54) is 32.9 Å². The fourth-order valence-electron chi connectivity index (χ4n) is 3.86. The van der Waals surface area contributed by atoms with Crippen molar-refractivity contribution in [1.82, 2.24) is 4.57 Å². The first kappa shape index (κ1) is 15.9. The normalized spacial score (nSPS) is 11.1. The highest BCUT2D eigenvalue weighted by molar-refractivity contribution is 6.45. The molecule has 0 aliphatic rings. The van der Waals surface area contributed by atoms with Crippen molar-refractivity contribution in [3.05, 3.63) is 97.1 Å². The topological polar surface area (TPSA) is 25.2 Å². The molecule has 2 nitrogen and oxygen atoms in total. The van der Waals surface area contributed by atoms with Crippen LogP contribution in [0.4, 0.5) is 0 Å². The van der Waals surface area contributed by atoms with Gasteiger partial charge in [-0.05, 0) is 41.5 Å². The first-order chi connectivity index (χ1) is 13.3. The molecule has 1 heterocycles. The Morgan fingerprint density at radius 1 is 0.593 bits per heavy atom. The van der Waals surface area contributed by atoms with Crippen molar-refractivity contribution in [3.8, 4) is 16.8 Å². The van der Waals surface area contributed by atoms with Gasteiger partial charge in [0.15, 0.2) is 0 Å². The van der Waals surface area contributed by atoms with Crippen molar-refractivity contribution in [3.63, 3.8) is 0 Å². The molecule has 5 rings (SSSR count). The molecule has 0 unspecified atom stereocenters. The minimum absolute atomic E-state index is 0.0448. The maximum absolute atomic E-state index is 9.54. The number of hydrogen-bond donors (Lipinski definition) is 1. The first-order valence-corrected chi connectivity index (χ1v) is 9.14. The minimum atomic E-state index is 0.0448. The van der Waals surface area contributed by atoms with Crippen molar-refractivity contribution < 1.29 is 5.02 Å². The van der Waals surface area contributed by atoms with Crippen molar-refractivity contribution >= 4 is 34.8 Å². The van der Waals surface area contributed by atoms with Gasteiger partial charge in [-0.25, -0.2) is 0 Å². The third-order valence-corrected chi connectivity index (χ3v) is 5.13. The Balaban J connectivity index is 1.82. The molecule has 1 aromatic heterocycles. The van der Waals surface area contributed by atoms with Gasteiger partial charge in [0.2, 0.25) is 0 Å². The number of rotatable bonds is 3. The lowest BCUT2D eigenvalue weighted by Gasteiger charge is -2.09. The number of hydrogen-bond acceptors (Lipinski definition) is 1. The van der Waals surface area contributed by atoms with E-state index in [0.717, 1.165) is 11.2 Å². The van der Waals surface area contributed by atoms with Crippen LogP contribution < -0.4 is 5.46 Å². The molecule has 0 fully saturated rings. The maximum Gasteiger partial charge on any atom is 0.304 e. The van der Waals surface area contributed by atoms with Gasteiger partial charge in [-0.2, -0.15) is 0 Å². The van der Waals surface area contributed by atoms with Crippen molar-refractivity contribution in [2.75, 3.05) is 0 Å². The van der Waals surface area contributed by atoms with Crippen LogP contribution in [0.3, 0.4) is 0 Å². The van der Waals surface area contributed by atoms with E-state index in [1.807, 2.05) is 18.2 Å². The lowest BCUT2D eigenvalue weighted by molar-refractivity contribution is 0.615. The van der Waals surface area contributed by atoms with E-state index < -0.39 is 0 Å². The second kappa shape index (κ2) is 6.46. The third kappa shape index (κ3) is 2.64. The zero-order valence-electron chi connectivity index (χ0n) is 14.8. The summed E-state index contributed by atoms with van der Waals surface area (Å²) < 4.78 is 2.28. The van der Waals surface area contributed by atoms with Gasteiger partial charge < -0.3 is 9.59 Å². The number of aromatic nitrogens is 1. The van der Waals surface area contributed by atoms with E-state index in [0.29, 0.717) is 0 Å². The van der Waals surface area contributed by atoms with Crippen LogP contribution in [0.5, 0.6) is 0 Å². The Morgan fingerprint density at radius 2 is 1.37 bits per heavy atom. The van der Waals surface area contributed by atoms with Gasteiger partial charge in [0, 0.05) is 16.5 Å². The molecule has 1 N–H and O–H groups in total. The molecular formula is C24H18BNO. The van der Waals surface area contributed by atoms with E-state index in [4.69, 9.17) is 0 Å². The smallest absolute Gasteiger partial charge is 0.304 e. The summed E-state index contributed by atoms with van der Waals surface area (Å²) in [5.41, 5.74) is 6.77. The van der Waals surface area contributed by atoms with Crippen molar-refractivity contribution in [1.29, 1.82) is 0 Å². The summed E-state index contributed by atoms with van der Waals surface area (Å²) in [6, 6.07) is 33.7. The van der Waals surface area contributed by atoms with Crippen LogP contribution in [0.1, 0.15) is 0 Å². The Labute approximate surface area is 158 Å². The predicted octanol–water partition coefficient (Wildman–Crippen LogP) is 4.42. The molecule has 5 aromatic rings. The summed E-state index contributed by atoms with van der Waals surface area (Å²) in [5, 5.41) is 12.0. The molecule has 0 radical (unpaired) electrons. The summed E-state index contributed by atoms with van der Waals surface area (Å²) in [6.07, 6.45) is 0. The van der Waals surface area contributed by atoms with Crippen LogP contribution in [-0.4, -0.2) is 17.1 Å². The highest BCUT2D eigenvalue weighted by atomic mass is 16.2. The number of fused-ring (bicyclic) bond motifs is 3. The summed E-state index contributed by atoms with van der Waals surface area (Å²) >= 11 is 0. The fourth-order valence-corrected chi connectivity index (χ4v) is 3.86. The first-order valence-electron chi connectivity index (χ1n) is 9.14. The summed E-state index contributed by atoms with van der Waals surface area (Å²) in [4.78, 5) is 0. The molecular weight excluding hydrogens is 329 g/mol. The predicted molar refractivity (Wildman–Crippen MR) is 115 cm³/mol. The molecule has 0 saturated carbocycles. The molecule has 0 aliphatic carbocycles. The van der Waals surface area contributed by atoms with Crippen LogP contribution in [0.2, 0.25) is 0 Å². The molecule has 3 heteroatoms. The molecule has 128 valence electrons. The van der Waals surface area contributed by atoms with Crippen molar-refractivity contribution in [2.45, 2.75) is 0 Å².